The third-order valence-corrected chi connectivity index (χ3v) is 3.70. The summed E-state index contributed by atoms with van der Waals surface area (Å²) in [6.45, 7) is 3.84. The number of rotatable bonds is 4. The SMILES string of the molecule is CCNS(=O)(=O)c1occc1-c1ncc(C)cn1. The van der Waals surface area contributed by atoms with Crippen molar-refractivity contribution in [1.29, 1.82) is 0 Å². The molecule has 0 aliphatic carbocycles. The Morgan fingerprint density at radius 1 is 1.33 bits per heavy atom. The molecule has 0 saturated carbocycles. The normalized spacial score (nSPS) is 11.7. The molecule has 2 aromatic rings. The number of aromatic nitrogens is 2. The van der Waals surface area contributed by atoms with Crippen LogP contribution in [-0.2, 0) is 10.0 Å². The maximum Gasteiger partial charge on any atom is 0.274 e. The highest BCUT2D eigenvalue weighted by atomic mass is 32.2. The van der Waals surface area contributed by atoms with Gasteiger partial charge in [0.25, 0.3) is 10.0 Å². The predicted molar refractivity (Wildman–Crippen MR) is 65.3 cm³/mol. The van der Waals surface area contributed by atoms with E-state index in [2.05, 4.69) is 14.7 Å². The lowest BCUT2D eigenvalue weighted by molar-refractivity contribution is 0.447. The molecule has 0 saturated heterocycles. The Kier molecular flexibility index (Phi) is 3.44. The molecule has 96 valence electrons. The van der Waals surface area contributed by atoms with E-state index in [4.69, 9.17) is 4.42 Å². The van der Waals surface area contributed by atoms with Crippen molar-refractivity contribution in [3.63, 3.8) is 0 Å². The van der Waals surface area contributed by atoms with Gasteiger partial charge in [0.15, 0.2) is 5.82 Å². The molecule has 2 rings (SSSR count). The van der Waals surface area contributed by atoms with Crippen LogP contribution in [-0.4, -0.2) is 24.9 Å². The number of hydrogen-bond acceptors (Lipinski definition) is 5. The van der Waals surface area contributed by atoms with Crippen LogP contribution in [0.15, 0.2) is 34.2 Å². The molecule has 2 aromatic heterocycles. The molecule has 6 nitrogen and oxygen atoms in total. The summed E-state index contributed by atoms with van der Waals surface area (Å²) in [7, 11) is -3.65. The summed E-state index contributed by atoms with van der Waals surface area (Å²) in [5, 5.41) is -0.159. The van der Waals surface area contributed by atoms with E-state index in [-0.39, 0.29) is 11.6 Å². The number of nitrogens with one attached hydrogen (secondary N) is 1. The second-order valence-corrected chi connectivity index (χ2v) is 5.37. The Morgan fingerprint density at radius 3 is 2.61 bits per heavy atom. The van der Waals surface area contributed by atoms with E-state index in [1.807, 2.05) is 6.92 Å². The number of hydrogen-bond donors (Lipinski definition) is 1. The van der Waals surface area contributed by atoms with Gasteiger partial charge in [-0.1, -0.05) is 6.92 Å². The van der Waals surface area contributed by atoms with Crippen molar-refractivity contribution in [1.82, 2.24) is 14.7 Å². The van der Waals surface area contributed by atoms with Gasteiger partial charge in [0.05, 0.1) is 11.8 Å². The molecule has 0 unspecified atom stereocenters. The van der Waals surface area contributed by atoms with E-state index in [9.17, 15) is 8.42 Å². The van der Waals surface area contributed by atoms with E-state index in [1.165, 1.54) is 12.3 Å². The van der Waals surface area contributed by atoms with Gasteiger partial charge in [-0.2, -0.15) is 0 Å². The quantitative estimate of drug-likeness (QED) is 0.903. The Labute approximate surface area is 105 Å². The first-order valence-corrected chi connectivity index (χ1v) is 6.89. The van der Waals surface area contributed by atoms with Crippen molar-refractivity contribution in [3.8, 4) is 11.4 Å². The van der Waals surface area contributed by atoms with Crippen LogP contribution in [0.25, 0.3) is 11.4 Å². The lowest BCUT2D eigenvalue weighted by Crippen LogP contribution is -2.23. The second kappa shape index (κ2) is 4.87. The number of nitrogens with zero attached hydrogens (tertiary/aromatic N) is 2. The minimum Gasteiger partial charge on any atom is -0.451 e. The van der Waals surface area contributed by atoms with Crippen LogP contribution in [0.2, 0.25) is 0 Å². The van der Waals surface area contributed by atoms with Gasteiger partial charge >= 0.3 is 0 Å². The molecule has 0 radical (unpaired) electrons. The fourth-order valence-electron chi connectivity index (χ4n) is 1.46. The molecule has 0 aromatic carbocycles. The first kappa shape index (κ1) is 12.7. The molecule has 1 N–H and O–H groups in total. The molecule has 0 amide bonds. The topological polar surface area (TPSA) is 85.1 Å². The van der Waals surface area contributed by atoms with E-state index < -0.39 is 10.0 Å². The molecule has 0 aliphatic heterocycles. The van der Waals surface area contributed by atoms with Crippen LogP contribution < -0.4 is 4.72 Å². The van der Waals surface area contributed by atoms with Crippen molar-refractivity contribution in [2.45, 2.75) is 18.9 Å². The van der Waals surface area contributed by atoms with Crippen LogP contribution in [0.3, 0.4) is 0 Å². The van der Waals surface area contributed by atoms with Crippen molar-refractivity contribution >= 4 is 10.0 Å². The highest BCUT2D eigenvalue weighted by molar-refractivity contribution is 7.89. The van der Waals surface area contributed by atoms with Gasteiger partial charge in [0.2, 0.25) is 5.09 Å². The Morgan fingerprint density at radius 2 is 2.00 bits per heavy atom. The smallest absolute Gasteiger partial charge is 0.274 e. The average molecular weight is 267 g/mol. The van der Waals surface area contributed by atoms with E-state index in [0.717, 1.165) is 5.56 Å². The second-order valence-electron chi connectivity index (χ2n) is 3.71. The monoisotopic (exact) mass is 267 g/mol. The highest BCUT2D eigenvalue weighted by Crippen LogP contribution is 2.25. The van der Waals surface area contributed by atoms with Gasteiger partial charge in [-0.05, 0) is 18.6 Å². The van der Waals surface area contributed by atoms with Crippen molar-refractivity contribution in [3.05, 3.63) is 30.3 Å². The molecular formula is C11H13N3O3S. The minimum atomic E-state index is -3.65. The largest absolute Gasteiger partial charge is 0.451 e. The molecule has 2 heterocycles. The van der Waals surface area contributed by atoms with E-state index in [0.29, 0.717) is 11.4 Å². The fraction of sp³-hybridized carbons (Fsp3) is 0.273. The first-order valence-electron chi connectivity index (χ1n) is 5.41. The van der Waals surface area contributed by atoms with Gasteiger partial charge < -0.3 is 4.42 Å². The summed E-state index contributed by atoms with van der Waals surface area (Å²) in [6, 6.07) is 1.54. The van der Waals surface area contributed by atoms with Crippen LogP contribution in [0.1, 0.15) is 12.5 Å². The predicted octanol–water partition coefficient (Wildman–Crippen LogP) is 1.34. The summed E-state index contributed by atoms with van der Waals surface area (Å²) < 4.78 is 31.2. The maximum atomic E-state index is 11.9. The lowest BCUT2D eigenvalue weighted by Gasteiger charge is -2.03. The molecule has 0 fully saturated rings. The molecular weight excluding hydrogens is 254 g/mol. The van der Waals surface area contributed by atoms with Gasteiger partial charge in [0.1, 0.15) is 0 Å². The van der Waals surface area contributed by atoms with Gasteiger partial charge in [-0.15, -0.1) is 0 Å². The summed E-state index contributed by atoms with van der Waals surface area (Å²) >= 11 is 0. The average Bonchev–Trinajstić information content (AvgIpc) is 2.79. The van der Waals surface area contributed by atoms with Gasteiger partial charge in [-0.25, -0.2) is 23.1 Å². The van der Waals surface area contributed by atoms with Crippen LogP contribution >= 0.6 is 0 Å². The summed E-state index contributed by atoms with van der Waals surface area (Å²) in [6.07, 6.45) is 4.56. The Bertz CT molecular complexity index is 632. The molecule has 0 atom stereocenters. The number of sulfonamides is 1. The lowest BCUT2D eigenvalue weighted by atomic mass is 10.3. The Hall–Kier alpha value is -1.73. The van der Waals surface area contributed by atoms with Crippen molar-refractivity contribution in [2.24, 2.45) is 0 Å². The standard InChI is InChI=1S/C11H13N3O3S/c1-3-14-18(15,16)11-9(4-5-17-11)10-12-6-8(2)7-13-10/h4-7,14H,3H2,1-2H3. The maximum absolute atomic E-state index is 11.9. The third-order valence-electron chi connectivity index (χ3n) is 2.23. The molecule has 7 heteroatoms. The molecule has 0 bridgehead atoms. The van der Waals surface area contributed by atoms with Crippen LogP contribution in [0.4, 0.5) is 0 Å². The van der Waals surface area contributed by atoms with Crippen molar-refractivity contribution < 1.29 is 12.8 Å². The summed E-state index contributed by atoms with van der Waals surface area (Å²) in [5.74, 6) is 0.325. The molecule has 18 heavy (non-hydrogen) atoms. The number of furan rings is 1. The number of aryl methyl sites for hydroxylation is 1. The van der Waals surface area contributed by atoms with Gasteiger partial charge in [-0.3, -0.25) is 0 Å². The zero-order chi connectivity index (χ0) is 13.2. The summed E-state index contributed by atoms with van der Waals surface area (Å²) in [4.78, 5) is 8.18. The summed E-state index contributed by atoms with van der Waals surface area (Å²) in [5.41, 5.74) is 1.26. The van der Waals surface area contributed by atoms with Crippen LogP contribution in [0.5, 0.6) is 0 Å². The fourth-order valence-corrected chi connectivity index (χ4v) is 2.60. The Balaban J connectivity index is 2.48. The van der Waals surface area contributed by atoms with Crippen LogP contribution in [0, 0.1) is 6.92 Å². The first-order chi connectivity index (χ1) is 8.54. The third kappa shape index (κ3) is 2.41. The zero-order valence-electron chi connectivity index (χ0n) is 10.0. The molecule has 0 spiro atoms. The van der Waals surface area contributed by atoms with Crippen molar-refractivity contribution in [2.75, 3.05) is 6.54 Å². The van der Waals surface area contributed by atoms with E-state index >= 15 is 0 Å². The highest BCUT2D eigenvalue weighted by Gasteiger charge is 2.23. The van der Waals surface area contributed by atoms with E-state index in [1.54, 1.807) is 19.3 Å². The minimum absolute atomic E-state index is 0.159. The zero-order valence-corrected chi connectivity index (χ0v) is 10.9. The van der Waals surface area contributed by atoms with Gasteiger partial charge in [0, 0.05) is 18.9 Å². The molecule has 0 aliphatic rings.